The average molecular weight is 236 g/mol. The lowest BCUT2D eigenvalue weighted by Crippen LogP contribution is -2.53. The van der Waals surface area contributed by atoms with E-state index in [4.69, 9.17) is 5.26 Å². The molecule has 0 aromatic carbocycles. The molecule has 0 aromatic rings. The van der Waals surface area contributed by atoms with E-state index in [1.165, 1.54) is 0 Å². The van der Waals surface area contributed by atoms with Gasteiger partial charge >= 0.3 is 6.03 Å². The summed E-state index contributed by atoms with van der Waals surface area (Å²) in [5, 5.41) is 8.85. The zero-order chi connectivity index (χ0) is 12.3. The molecule has 17 heavy (non-hydrogen) atoms. The topological polar surface area (TPSA) is 50.6 Å². The van der Waals surface area contributed by atoms with Crippen LogP contribution < -0.4 is 0 Å². The standard InChI is InChI=1S/C12H20N4O/c1-11(10-13)14-6-8-16(9-7-14)12(17)15-4-2-3-5-15/h11H,2-9H2,1H3. The Morgan fingerprint density at radius 3 is 2.12 bits per heavy atom. The minimum Gasteiger partial charge on any atom is -0.325 e. The van der Waals surface area contributed by atoms with Crippen LogP contribution in [0.5, 0.6) is 0 Å². The number of piperazine rings is 1. The summed E-state index contributed by atoms with van der Waals surface area (Å²) in [4.78, 5) is 18.1. The van der Waals surface area contributed by atoms with Gasteiger partial charge in [0.05, 0.1) is 12.1 Å². The van der Waals surface area contributed by atoms with Crippen molar-refractivity contribution in [3.63, 3.8) is 0 Å². The van der Waals surface area contributed by atoms with Gasteiger partial charge in [0, 0.05) is 39.3 Å². The third-order valence-corrected chi connectivity index (χ3v) is 3.70. The van der Waals surface area contributed by atoms with E-state index in [1.807, 2.05) is 16.7 Å². The first-order chi connectivity index (χ1) is 8.22. The minimum absolute atomic E-state index is 0.0426. The van der Waals surface area contributed by atoms with E-state index >= 15 is 0 Å². The molecule has 2 fully saturated rings. The van der Waals surface area contributed by atoms with Crippen LogP contribution in [0.2, 0.25) is 0 Å². The Morgan fingerprint density at radius 1 is 1.06 bits per heavy atom. The Balaban J connectivity index is 1.82. The fraction of sp³-hybridized carbons (Fsp3) is 0.833. The van der Waals surface area contributed by atoms with Gasteiger partial charge in [0.1, 0.15) is 0 Å². The zero-order valence-corrected chi connectivity index (χ0v) is 10.4. The summed E-state index contributed by atoms with van der Waals surface area (Å²) >= 11 is 0. The number of nitriles is 1. The monoisotopic (exact) mass is 236 g/mol. The number of hydrogen-bond acceptors (Lipinski definition) is 3. The van der Waals surface area contributed by atoms with Gasteiger partial charge in [-0.25, -0.2) is 4.79 Å². The van der Waals surface area contributed by atoms with Gasteiger partial charge in [0.25, 0.3) is 0 Å². The molecule has 94 valence electrons. The maximum absolute atomic E-state index is 12.1. The van der Waals surface area contributed by atoms with Crippen molar-refractivity contribution < 1.29 is 4.79 Å². The van der Waals surface area contributed by atoms with E-state index in [0.717, 1.165) is 52.1 Å². The predicted molar refractivity (Wildman–Crippen MR) is 64.4 cm³/mol. The number of amides is 2. The van der Waals surface area contributed by atoms with Crippen LogP contribution >= 0.6 is 0 Å². The number of carbonyl (C=O) groups is 1. The Morgan fingerprint density at radius 2 is 1.59 bits per heavy atom. The van der Waals surface area contributed by atoms with E-state index in [2.05, 4.69) is 11.0 Å². The van der Waals surface area contributed by atoms with Crippen LogP contribution in [-0.2, 0) is 0 Å². The van der Waals surface area contributed by atoms with Crippen molar-refractivity contribution in [2.24, 2.45) is 0 Å². The van der Waals surface area contributed by atoms with E-state index in [0.29, 0.717) is 0 Å². The van der Waals surface area contributed by atoms with Gasteiger partial charge in [-0.05, 0) is 19.8 Å². The second-order valence-corrected chi connectivity index (χ2v) is 4.80. The van der Waals surface area contributed by atoms with E-state index in [1.54, 1.807) is 0 Å². The zero-order valence-electron chi connectivity index (χ0n) is 10.4. The molecule has 2 aliphatic heterocycles. The van der Waals surface area contributed by atoms with Gasteiger partial charge in [0.15, 0.2) is 0 Å². The van der Waals surface area contributed by atoms with Gasteiger partial charge in [-0.2, -0.15) is 5.26 Å². The first-order valence-electron chi connectivity index (χ1n) is 6.40. The molecule has 2 rings (SSSR count). The van der Waals surface area contributed by atoms with Crippen molar-refractivity contribution in [3.8, 4) is 6.07 Å². The van der Waals surface area contributed by atoms with E-state index in [9.17, 15) is 4.79 Å². The molecule has 5 heteroatoms. The van der Waals surface area contributed by atoms with Crippen LogP contribution in [-0.4, -0.2) is 66.0 Å². The molecule has 0 bridgehead atoms. The number of nitrogens with zero attached hydrogens (tertiary/aromatic N) is 4. The molecule has 0 aliphatic carbocycles. The number of hydrogen-bond donors (Lipinski definition) is 0. The van der Waals surface area contributed by atoms with Crippen LogP contribution in [0.4, 0.5) is 4.79 Å². The fourth-order valence-electron chi connectivity index (χ4n) is 2.49. The molecule has 1 atom stereocenters. The summed E-state index contributed by atoms with van der Waals surface area (Å²) in [5.74, 6) is 0. The van der Waals surface area contributed by atoms with E-state index in [-0.39, 0.29) is 12.1 Å². The molecule has 0 N–H and O–H groups in total. The Kier molecular flexibility index (Phi) is 3.85. The maximum atomic E-state index is 12.1. The first-order valence-corrected chi connectivity index (χ1v) is 6.40. The average Bonchev–Trinajstić information content (AvgIpc) is 2.91. The lowest BCUT2D eigenvalue weighted by Gasteiger charge is -2.37. The smallest absolute Gasteiger partial charge is 0.320 e. The molecule has 0 saturated carbocycles. The molecule has 2 aliphatic rings. The summed E-state index contributed by atoms with van der Waals surface area (Å²) in [5.41, 5.74) is 0. The van der Waals surface area contributed by atoms with Gasteiger partial charge in [-0.15, -0.1) is 0 Å². The molecule has 2 saturated heterocycles. The lowest BCUT2D eigenvalue weighted by molar-refractivity contribution is 0.110. The quantitative estimate of drug-likeness (QED) is 0.674. The van der Waals surface area contributed by atoms with Gasteiger partial charge < -0.3 is 9.80 Å². The van der Waals surface area contributed by atoms with Crippen molar-refractivity contribution >= 4 is 6.03 Å². The summed E-state index contributed by atoms with van der Waals surface area (Å²) < 4.78 is 0. The number of rotatable bonds is 1. The van der Waals surface area contributed by atoms with Gasteiger partial charge in [-0.1, -0.05) is 0 Å². The van der Waals surface area contributed by atoms with Gasteiger partial charge in [-0.3, -0.25) is 4.90 Å². The molecule has 2 heterocycles. The van der Waals surface area contributed by atoms with E-state index < -0.39 is 0 Å². The largest absolute Gasteiger partial charge is 0.325 e. The van der Waals surface area contributed by atoms with Crippen LogP contribution in [0.1, 0.15) is 19.8 Å². The van der Waals surface area contributed by atoms with Gasteiger partial charge in [0.2, 0.25) is 0 Å². The highest BCUT2D eigenvalue weighted by atomic mass is 16.2. The Labute approximate surface area is 103 Å². The summed E-state index contributed by atoms with van der Waals surface area (Å²) in [6.07, 6.45) is 2.27. The predicted octanol–water partition coefficient (Wildman–Crippen LogP) is 0.732. The van der Waals surface area contributed by atoms with Crippen molar-refractivity contribution in [1.29, 1.82) is 5.26 Å². The molecule has 0 radical (unpaired) electrons. The molecule has 0 aromatic heterocycles. The maximum Gasteiger partial charge on any atom is 0.320 e. The summed E-state index contributed by atoms with van der Waals surface area (Å²) in [6, 6.07) is 2.39. The summed E-state index contributed by atoms with van der Waals surface area (Å²) in [6.45, 7) is 6.87. The number of carbonyl (C=O) groups excluding carboxylic acids is 1. The fourth-order valence-corrected chi connectivity index (χ4v) is 2.49. The van der Waals surface area contributed by atoms with Crippen LogP contribution in [0, 0.1) is 11.3 Å². The molecule has 0 spiro atoms. The van der Waals surface area contributed by atoms with Crippen molar-refractivity contribution in [2.75, 3.05) is 39.3 Å². The molecular weight excluding hydrogens is 216 g/mol. The van der Waals surface area contributed by atoms with Crippen LogP contribution in [0.25, 0.3) is 0 Å². The van der Waals surface area contributed by atoms with Crippen molar-refractivity contribution in [1.82, 2.24) is 14.7 Å². The molecule has 1 unspecified atom stereocenters. The third kappa shape index (κ3) is 2.70. The molecule has 5 nitrogen and oxygen atoms in total. The highest BCUT2D eigenvalue weighted by molar-refractivity contribution is 5.74. The highest BCUT2D eigenvalue weighted by Gasteiger charge is 2.28. The summed E-state index contributed by atoms with van der Waals surface area (Å²) in [7, 11) is 0. The van der Waals surface area contributed by atoms with Crippen LogP contribution in [0.15, 0.2) is 0 Å². The molecular formula is C12H20N4O. The third-order valence-electron chi connectivity index (χ3n) is 3.70. The lowest BCUT2D eigenvalue weighted by atomic mass is 10.2. The normalized spacial score (nSPS) is 23.5. The highest BCUT2D eigenvalue weighted by Crippen LogP contribution is 2.13. The number of urea groups is 1. The number of likely N-dealkylation sites (tertiary alicyclic amines) is 1. The second-order valence-electron chi connectivity index (χ2n) is 4.80. The second kappa shape index (κ2) is 5.37. The Hall–Kier alpha value is -1.28. The van der Waals surface area contributed by atoms with Crippen molar-refractivity contribution in [2.45, 2.75) is 25.8 Å². The molecule has 2 amide bonds. The first kappa shape index (κ1) is 12.2. The van der Waals surface area contributed by atoms with Crippen LogP contribution in [0.3, 0.4) is 0 Å². The Bertz CT molecular complexity index is 311. The SMILES string of the molecule is CC(C#N)N1CCN(C(=O)N2CCCC2)CC1. The minimum atomic E-state index is -0.0426. The van der Waals surface area contributed by atoms with Crippen molar-refractivity contribution in [3.05, 3.63) is 0 Å².